The van der Waals surface area contributed by atoms with Crippen LogP contribution in [0.3, 0.4) is 0 Å². The number of halogens is 1. The Morgan fingerprint density at radius 3 is 2.94 bits per heavy atom. The van der Waals surface area contributed by atoms with Gasteiger partial charge in [0.2, 0.25) is 0 Å². The van der Waals surface area contributed by atoms with E-state index in [0.717, 1.165) is 22.5 Å². The second-order valence-electron chi connectivity index (χ2n) is 5.02. The molecule has 18 heavy (non-hydrogen) atoms. The van der Waals surface area contributed by atoms with Gasteiger partial charge in [0.25, 0.3) is 0 Å². The molecule has 5 heteroatoms. The molecule has 0 amide bonds. The van der Waals surface area contributed by atoms with Crippen LogP contribution in [0.1, 0.15) is 37.4 Å². The molecule has 1 aliphatic rings. The molecule has 1 aliphatic carbocycles. The van der Waals surface area contributed by atoms with Crippen molar-refractivity contribution in [1.82, 2.24) is 14.6 Å². The summed E-state index contributed by atoms with van der Waals surface area (Å²) in [5, 5.41) is 8.65. The number of fused-ring (bicyclic) bond motifs is 1. The van der Waals surface area contributed by atoms with Crippen LogP contribution in [-0.4, -0.2) is 21.1 Å². The van der Waals surface area contributed by atoms with E-state index in [-0.39, 0.29) is 0 Å². The lowest BCUT2D eigenvalue weighted by atomic mass is 9.79. The van der Waals surface area contributed by atoms with E-state index in [2.05, 4.69) is 30.5 Å². The Morgan fingerprint density at radius 1 is 1.28 bits per heavy atom. The molecular formula is C13H17BrN4. The molecule has 0 bridgehead atoms. The minimum atomic E-state index is 0.452. The van der Waals surface area contributed by atoms with Crippen molar-refractivity contribution in [3.8, 4) is 0 Å². The van der Waals surface area contributed by atoms with Gasteiger partial charge in [-0.25, -0.2) is 0 Å². The zero-order valence-corrected chi connectivity index (χ0v) is 11.8. The Bertz CT molecular complexity index is 551. The molecule has 2 unspecified atom stereocenters. The number of pyridine rings is 1. The molecule has 0 saturated heterocycles. The second kappa shape index (κ2) is 4.97. The summed E-state index contributed by atoms with van der Waals surface area (Å²) in [6, 6.07) is 3.98. The van der Waals surface area contributed by atoms with Gasteiger partial charge in [-0.1, -0.05) is 12.8 Å². The number of hydrogen-bond acceptors (Lipinski definition) is 3. The van der Waals surface area contributed by atoms with Crippen molar-refractivity contribution in [3.05, 3.63) is 28.6 Å². The lowest BCUT2D eigenvalue weighted by molar-refractivity contribution is 0.303. The van der Waals surface area contributed by atoms with E-state index in [0.29, 0.717) is 11.8 Å². The normalized spacial score (nSPS) is 24.6. The summed E-state index contributed by atoms with van der Waals surface area (Å²) in [5.41, 5.74) is 6.82. The average molecular weight is 309 g/mol. The smallest absolute Gasteiger partial charge is 0.160 e. The highest BCUT2D eigenvalue weighted by Gasteiger charge is 2.29. The fourth-order valence-corrected chi connectivity index (χ4v) is 3.30. The summed E-state index contributed by atoms with van der Waals surface area (Å²) in [7, 11) is 0. The number of nitrogens with two attached hydrogens (primary N) is 1. The topological polar surface area (TPSA) is 56.2 Å². The van der Waals surface area contributed by atoms with Crippen LogP contribution in [0, 0.1) is 5.92 Å². The van der Waals surface area contributed by atoms with Crippen LogP contribution in [0.2, 0.25) is 0 Å². The largest absolute Gasteiger partial charge is 0.330 e. The molecule has 0 spiro atoms. The van der Waals surface area contributed by atoms with Crippen molar-refractivity contribution in [1.29, 1.82) is 0 Å². The molecule has 2 N–H and O–H groups in total. The Morgan fingerprint density at radius 2 is 2.11 bits per heavy atom. The molecule has 4 nitrogen and oxygen atoms in total. The van der Waals surface area contributed by atoms with Crippen molar-refractivity contribution in [2.24, 2.45) is 11.7 Å². The van der Waals surface area contributed by atoms with E-state index in [9.17, 15) is 0 Å². The summed E-state index contributed by atoms with van der Waals surface area (Å²) in [5.74, 6) is 2.07. The molecule has 2 heterocycles. The van der Waals surface area contributed by atoms with Gasteiger partial charge in [0.15, 0.2) is 5.65 Å². The molecule has 0 aromatic carbocycles. The molecule has 1 saturated carbocycles. The number of aromatic nitrogens is 3. The van der Waals surface area contributed by atoms with Gasteiger partial charge in [-0.05, 0) is 53.4 Å². The number of nitrogens with zero attached hydrogens (tertiary/aromatic N) is 3. The van der Waals surface area contributed by atoms with E-state index >= 15 is 0 Å². The molecular weight excluding hydrogens is 292 g/mol. The third kappa shape index (κ3) is 2.06. The Balaban J connectivity index is 2.04. The van der Waals surface area contributed by atoms with Crippen molar-refractivity contribution in [2.45, 2.75) is 31.6 Å². The predicted octanol–water partition coefficient (Wildman–Crippen LogP) is 2.72. The molecule has 2 aromatic rings. The molecule has 1 fully saturated rings. The first kappa shape index (κ1) is 12.1. The van der Waals surface area contributed by atoms with Crippen molar-refractivity contribution in [2.75, 3.05) is 6.54 Å². The minimum absolute atomic E-state index is 0.452. The molecule has 2 aromatic heterocycles. The van der Waals surface area contributed by atoms with Crippen LogP contribution in [0.5, 0.6) is 0 Å². The SMILES string of the molecule is NCC1CCCCC1c1nnc2ccc(Br)cn12. The summed E-state index contributed by atoms with van der Waals surface area (Å²) < 4.78 is 3.15. The maximum Gasteiger partial charge on any atom is 0.160 e. The van der Waals surface area contributed by atoms with Crippen LogP contribution < -0.4 is 5.73 Å². The van der Waals surface area contributed by atoms with E-state index < -0.39 is 0 Å². The van der Waals surface area contributed by atoms with Gasteiger partial charge < -0.3 is 5.73 Å². The third-order valence-electron chi connectivity index (χ3n) is 3.94. The van der Waals surface area contributed by atoms with Gasteiger partial charge >= 0.3 is 0 Å². The summed E-state index contributed by atoms with van der Waals surface area (Å²) in [6.45, 7) is 0.744. The molecule has 2 atom stereocenters. The lowest BCUT2D eigenvalue weighted by Gasteiger charge is -2.29. The first-order chi connectivity index (χ1) is 8.79. The van der Waals surface area contributed by atoms with Crippen LogP contribution >= 0.6 is 15.9 Å². The van der Waals surface area contributed by atoms with Gasteiger partial charge in [0.05, 0.1) is 0 Å². The van der Waals surface area contributed by atoms with E-state index in [1.165, 1.54) is 25.7 Å². The minimum Gasteiger partial charge on any atom is -0.330 e. The van der Waals surface area contributed by atoms with Gasteiger partial charge in [-0.3, -0.25) is 4.40 Å². The number of hydrogen-bond donors (Lipinski definition) is 1. The zero-order valence-electron chi connectivity index (χ0n) is 10.2. The lowest BCUT2D eigenvalue weighted by Crippen LogP contribution is -2.26. The molecule has 3 rings (SSSR count). The van der Waals surface area contributed by atoms with Gasteiger partial charge in [0, 0.05) is 16.6 Å². The van der Waals surface area contributed by atoms with Crippen molar-refractivity contribution in [3.63, 3.8) is 0 Å². The third-order valence-corrected chi connectivity index (χ3v) is 4.41. The molecule has 96 valence electrons. The predicted molar refractivity (Wildman–Crippen MR) is 74.4 cm³/mol. The first-order valence-electron chi connectivity index (χ1n) is 6.50. The number of rotatable bonds is 2. The first-order valence-corrected chi connectivity index (χ1v) is 7.29. The van der Waals surface area contributed by atoms with Gasteiger partial charge in [-0.2, -0.15) is 0 Å². The Kier molecular flexibility index (Phi) is 3.35. The monoisotopic (exact) mass is 308 g/mol. The van der Waals surface area contributed by atoms with E-state index in [4.69, 9.17) is 5.73 Å². The van der Waals surface area contributed by atoms with Crippen LogP contribution in [0.25, 0.3) is 5.65 Å². The van der Waals surface area contributed by atoms with Crippen LogP contribution in [-0.2, 0) is 0 Å². The highest BCUT2D eigenvalue weighted by molar-refractivity contribution is 9.10. The highest BCUT2D eigenvalue weighted by atomic mass is 79.9. The van der Waals surface area contributed by atoms with Crippen molar-refractivity contribution >= 4 is 21.6 Å². The Hall–Kier alpha value is -0.940. The molecule has 0 aliphatic heterocycles. The highest BCUT2D eigenvalue weighted by Crippen LogP contribution is 2.36. The molecule has 0 radical (unpaired) electrons. The summed E-state index contributed by atoms with van der Waals surface area (Å²) in [4.78, 5) is 0. The van der Waals surface area contributed by atoms with Crippen LogP contribution in [0.4, 0.5) is 0 Å². The average Bonchev–Trinajstić information content (AvgIpc) is 2.81. The fraction of sp³-hybridized carbons (Fsp3) is 0.538. The Labute approximate surface area is 115 Å². The zero-order chi connectivity index (χ0) is 12.5. The second-order valence-corrected chi connectivity index (χ2v) is 5.94. The fourth-order valence-electron chi connectivity index (χ4n) is 2.97. The maximum atomic E-state index is 5.91. The van der Waals surface area contributed by atoms with Gasteiger partial charge in [-0.15, -0.1) is 10.2 Å². The van der Waals surface area contributed by atoms with Gasteiger partial charge in [0.1, 0.15) is 5.82 Å². The maximum absolute atomic E-state index is 5.91. The van der Waals surface area contributed by atoms with E-state index in [1.807, 2.05) is 18.3 Å². The van der Waals surface area contributed by atoms with Crippen LogP contribution in [0.15, 0.2) is 22.8 Å². The van der Waals surface area contributed by atoms with Crippen molar-refractivity contribution < 1.29 is 0 Å². The quantitative estimate of drug-likeness (QED) is 0.928. The summed E-state index contributed by atoms with van der Waals surface area (Å²) >= 11 is 3.51. The van der Waals surface area contributed by atoms with E-state index in [1.54, 1.807) is 0 Å². The standard InChI is InChI=1S/C13H17BrN4/c14-10-5-6-12-16-17-13(18(12)8-10)11-4-2-1-3-9(11)7-15/h5-6,8-9,11H,1-4,7,15H2. The summed E-state index contributed by atoms with van der Waals surface area (Å²) in [6.07, 6.45) is 7.00.